The Kier molecular flexibility index (Phi) is 6.44. The van der Waals surface area contributed by atoms with Crippen LogP contribution in [0.15, 0.2) is 61.1 Å². The normalized spacial score (nSPS) is 13.1. The lowest BCUT2D eigenvalue weighted by Crippen LogP contribution is -2.18. The molecule has 0 bridgehead atoms. The average Bonchev–Trinajstić information content (AvgIpc) is 3.62. The van der Waals surface area contributed by atoms with Crippen LogP contribution >= 0.6 is 0 Å². The number of halogens is 2. The Balaban J connectivity index is 1.69. The third-order valence-electron chi connectivity index (χ3n) is 4.99. The maximum Gasteiger partial charge on any atom is 0.387 e. The molecule has 4 rings (SSSR count). The summed E-state index contributed by atoms with van der Waals surface area (Å²) in [5.74, 6) is -0.412. The van der Waals surface area contributed by atoms with Crippen LogP contribution in [0.5, 0.6) is 11.5 Å². The maximum absolute atomic E-state index is 12.9. The number of aromatic carboxylic acids is 1. The van der Waals surface area contributed by atoms with Gasteiger partial charge in [-0.2, -0.15) is 8.78 Å². The molecule has 0 spiro atoms. The average molecular weight is 441 g/mol. The zero-order valence-corrected chi connectivity index (χ0v) is 17.0. The van der Waals surface area contributed by atoms with Crippen LogP contribution in [0.1, 0.15) is 28.9 Å². The summed E-state index contributed by atoms with van der Waals surface area (Å²) in [6.07, 6.45) is 6.87. The van der Waals surface area contributed by atoms with Gasteiger partial charge >= 0.3 is 12.6 Å². The quantitative estimate of drug-likeness (QED) is 0.479. The smallest absolute Gasteiger partial charge is 0.387 e. The molecule has 0 saturated heterocycles. The van der Waals surface area contributed by atoms with Gasteiger partial charge in [0.25, 0.3) is 0 Å². The van der Waals surface area contributed by atoms with E-state index in [1.54, 1.807) is 42.9 Å². The Bertz CT molecular complexity index is 1060. The van der Waals surface area contributed by atoms with Crippen molar-refractivity contribution in [3.63, 3.8) is 0 Å². The molecule has 2 aromatic carbocycles. The minimum atomic E-state index is -2.97. The van der Waals surface area contributed by atoms with Gasteiger partial charge in [-0.15, -0.1) is 0 Å². The number of aromatic nitrogens is 2. The lowest BCUT2D eigenvalue weighted by molar-refractivity contribution is -0.0515. The van der Waals surface area contributed by atoms with E-state index >= 15 is 0 Å². The Morgan fingerprint density at radius 2 is 1.84 bits per heavy atom. The van der Waals surface area contributed by atoms with E-state index in [-0.39, 0.29) is 17.1 Å². The van der Waals surface area contributed by atoms with Gasteiger partial charge in [0.1, 0.15) is 0 Å². The molecule has 0 amide bonds. The summed E-state index contributed by atoms with van der Waals surface area (Å²) in [6, 6.07) is 11.1. The van der Waals surface area contributed by atoms with Crippen LogP contribution in [-0.2, 0) is 6.54 Å². The van der Waals surface area contributed by atoms with Gasteiger partial charge in [-0.05, 0) is 55.2 Å². The lowest BCUT2D eigenvalue weighted by atomic mass is 10.1. The fraction of sp³-hybridized carbons (Fsp3) is 0.261. The molecular formula is C23H21F2N3O4. The van der Waals surface area contributed by atoms with E-state index in [0.29, 0.717) is 36.1 Å². The van der Waals surface area contributed by atoms with Gasteiger partial charge in [0.2, 0.25) is 0 Å². The zero-order valence-electron chi connectivity index (χ0n) is 17.0. The van der Waals surface area contributed by atoms with Crippen molar-refractivity contribution >= 4 is 17.3 Å². The number of rotatable bonds is 10. The molecule has 9 heteroatoms. The highest BCUT2D eigenvalue weighted by atomic mass is 19.3. The minimum absolute atomic E-state index is 0.0370. The Morgan fingerprint density at radius 1 is 1.09 bits per heavy atom. The Hall–Kier alpha value is -3.75. The molecule has 1 saturated carbocycles. The van der Waals surface area contributed by atoms with Gasteiger partial charge in [-0.25, -0.2) is 4.79 Å². The number of benzene rings is 2. The summed E-state index contributed by atoms with van der Waals surface area (Å²) in [5, 5.41) is 9.19. The Labute approximate surface area is 183 Å². The monoisotopic (exact) mass is 441 g/mol. The molecule has 166 valence electrons. The van der Waals surface area contributed by atoms with E-state index in [1.807, 2.05) is 4.90 Å². The van der Waals surface area contributed by atoms with Gasteiger partial charge in [0, 0.05) is 29.8 Å². The molecule has 3 aromatic rings. The first-order valence-electron chi connectivity index (χ1n) is 10.1. The van der Waals surface area contributed by atoms with Gasteiger partial charge in [-0.3, -0.25) is 9.97 Å². The van der Waals surface area contributed by atoms with Crippen LogP contribution in [-0.4, -0.2) is 34.3 Å². The van der Waals surface area contributed by atoms with Crippen molar-refractivity contribution in [1.29, 1.82) is 0 Å². The predicted molar refractivity (Wildman–Crippen MR) is 113 cm³/mol. The van der Waals surface area contributed by atoms with Crippen molar-refractivity contribution in [2.75, 3.05) is 11.5 Å². The molecule has 1 N–H and O–H groups in total. The molecular weight excluding hydrogens is 420 g/mol. The third kappa shape index (κ3) is 5.48. The van der Waals surface area contributed by atoms with E-state index in [1.165, 1.54) is 18.2 Å². The maximum atomic E-state index is 12.9. The second-order valence-corrected chi connectivity index (χ2v) is 7.40. The highest BCUT2D eigenvalue weighted by molar-refractivity contribution is 5.88. The number of carbonyl (C=O) groups is 1. The lowest BCUT2D eigenvalue weighted by Gasteiger charge is -2.26. The van der Waals surface area contributed by atoms with Gasteiger partial charge < -0.3 is 19.5 Å². The van der Waals surface area contributed by atoms with E-state index in [0.717, 1.165) is 12.8 Å². The molecule has 0 unspecified atom stereocenters. The van der Waals surface area contributed by atoms with E-state index < -0.39 is 12.6 Å². The molecule has 0 radical (unpaired) electrons. The molecule has 1 aromatic heterocycles. The Morgan fingerprint density at radius 3 is 2.47 bits per heavy atom. The zero-order chi connectivity index (χ0) is 22.5. The fourth-order valence-electron chi connectivity index (χ4n) is 3.15. The molecule has 0 aliphatic heterocycles. The number of carboxylic acids is 1. The van der Waals surface area contributed by atoms with E-state index in [9.17, 15) is 18.7 Å². The van der Waals surface area contributed by atoms with Crippen LogP contribution < -0.4 is 14.4 Å². The first-order chi connectivity index (χ1) is 15.5. The summed E-state index contributed by atoms with van der Waals surface area (Å²) in [7, 11) is 0. The second-order valence-electron chi connectivity index (χ2n) is 7.40. The van der Waals surface area contributed by atoms with Crippen molar-refractivity contribution in [3.8, 4) is 11.5 Å². The largest absolute Gasteiger partial charge is 0.489 e. The fourth-order valence-corrected chi connectivity index (χ4v) is 3.15. The third-order valence-corrected chi connectivity index (χ3v) is 4.99. The summed E-state index contributed by atoms with van der Waals surface area (Å²) >= 11 is 0. The van der Waals surface area contributed by atoms with Gasteiger partial charge in [0.05, 0.1) is 30.6 Å². The van der Waals surface area contributed by atoms with Crippen LogP contribution in [0.3, 0.4) is 0 Å². The summed E-state index contributed by atoms with van der Waals surface area (Å²) in [5.41, 5.74) is 2.16. The molecule has 1 aliphatic carbocycles. The molecule has 32 heavy (non-hydrogen) atoms. The number of anilines is 2. The topological polar surface area (TPSA) is 84.8 Å². The minimum Gasteiger partial charge on any atom is -0.489 e. The summed E-state index contributed by atoms with van der Waals surface area (Å²) in [6.45, 7) is -2.22. The van der Waals surface area contributed by atoms with Crippen molar-refractivity contribution in [2.24, 2.45) is 5.92 Å². The molecule has 1 heterocycles. The van der Waals surface area contributed by atoms with Gasteiger partial charge in [0.15, 0.2) is 11.5 Å². The predicted octanol–water partition coefficient (Wildman–Crippen LogP) is 4.90. The van der Waals surface area contributed by atoms with Crippen molar-refractivity contribution < 1.29 is 28.2 Å². The molecule has 1 fully saturated rings. The standard InChI is InChI=1S/C23H21F2N3O4/c24-23(25)32-20-8-7-19(11-21(20)31-14-15-1-2-15)28(13-17-12-26-9-10-27-17)18-5-3-16(4-6-18)22(29)30/h3-12,15,23H,1-2,13-14H2,(H,29,30). The number of alkyl halides is 2. The van der Waals surface area contributed by atoms with Crippen LogP contribution in [0.2, 0.25) is 0 Å². The first kappa shape index (κ1) is 21.5. The van der Waals surface area contributed by atoms with Crippen LogP contribution in [0.4, 0.5) is 20.2 Å². The van der Waals surface area contributed by atoms with Crippen LogP contribution in [0.25, 0.3) is 0 Å². The van der Waals surface area contributed by atoms with Crippen molar-refractivity contribution in [2.45, 2.75) is 26.0 Å². The summed E-state index contributed by atoms with van der Waals surface area (Å²) < 4.78 is 36.2. The number of hydrogen-bond donors (Lipinski definition) is 1. The number of nitrogens with zero attached hydrogens (tertiary/aromatic N) is 3. The SMILES string of the molecule is O=C(O)c1ccc(N(Cc2cnccn2)c2ccc(OC(F)F)c(OCC3CC3)c2)cc1. The number of ether oxygens (including phenoxy) is 2. The first-order valence-corrected chi connectivity index (χ1v) is 10.1. The molecule has 7 nitrogen and oxygen atoms in total. The summed E-state index contributed by atoms with van der Waals surface area (Å²) in [4.78, 5) is 21.5. The van der Waals surface area contributed by atoms with E-state index in [2.05, 4.69) is 14.7 Å². The molecule has 0 atom stereocenters. The number of carboxylic acid groups (broad SMARTS) is 1. The van der Waals surface area contributed by atoms with Crippen LogP contribution in [0, 0.1) is 5.92 Å². The van der Waals surface area contributed by atoms with Gasteiger partial charge in [-0.1, -0.05) is 0 Å². The number of hydrogen-bond acceptors (Lipinski definition) is 6. The molecule has 1 aliphatic rings. The highest BCUT2D eigenvalue weighted by Gasteiger charge is 2.24. The van der Waals surface area contributed by atoms with Crippen molar-refractivity contribution in [1.82, 2.24) is 9.97 Å². The second kappa shape index (κ2) is 9.59. The van der Waals surface area contributed by atoms with Crippen molar-refractivity contribution in [3.05, 3.63) is 72.3 Å². The van der Waals surface area contributed by atoms with E-state index in [4.69, 9.17) is 4.74 Å². The highest BCUT2D eigenvalue weighted by Crippen LogP contribution is 2.38.